The lowest BCUT2D eigenvalue weighted by Gasteiger charge is -2.26. The number of nitrogens with zero attached hydrogens (tertiary/aromatic N) is 2. The molecular formula is C18H22N4O4. The molecule has 0 bridgehead atoms. The van der Waals surface area contributed by atoms with Crippen molar-refractivity contribution in [2.75, 3.05) is 33.5 Å². The van der Waals surface area contributed by atoms with Crippen LogP contribution < -0.4 is 15.8 Å². The molecule has 0 aliphatic carbocycles. The lowest BCUT2D eigenvalue weighted by Crippen LogP contribution is -2.34. The first kappa shape index (κ1) is 19.2. The van der Waals surface area contributed by atoms with E-state index in [-0.39, 0.29) is 23.0 Å². The van der Waals surface area contributed by atoms with Crippen LogP contribution in [0.1, 0.15) is 22.0 Å². The molecule has 8 nitrogen and oxygen atoms in total. The number of rotatable bonds is 7. The third kappa shape index (κ3) is 4.28. The quantitative estimate of drug-likeness (QED) is 0.446. The summed E-state index contributed by atoms with van der Waals surface area (Å²) in [4.78, 5) is 24.8. The van der Waals surface area contributed by atoms with Crippen molar-refractivity contribution in [1.82, 2.24) is 10.2 Å². The molecule has 26 heavy (non-hydrogen) atoms. The summed E-state index contributed by atoms with van der Waals surface area (Å²) in [6, 6.07) is 11.4. The van der Waals surface area contributed by atoms with Crippen molar-refractivity contribution < 1.29 is 14.5 Å². The normalized spacial score (nSPS) is 11.8. The molecule has 138 valence electrons. The Morgan fingerprint density at radius 3 is 2.62 bits per heavy atom. The number of para-hydroxylation sites is 1. The predicted molar refractivity (Wildman–Crippen MR) is 99.3 cm³/mol. The third-order valence-electron chi connectivity index (χ3n) is 4.07. The monoisotopic (exact) mass is 358 g/mol. The zero-order chi connectivity index (χ0) is 19.3. The van der Waals surface area contributed by atoms with Crippen molar-refractivity contribution >= 4 is 17.3 Å². The van der Waals surface area contributed by atoms with Crippen LogP contribution in [-0.2, 0) is 0 Å². The topological polar surface area (TPSA) is 111 Å². The number of carbonyl (C=O) groups is 1. The van der Waals surface area contributed by atoms with Crippen molar-refractivity contribution in [2.24, 2.45) is 0 Å². The van der Waals surface area contributed by atoms with Crippen LogP contribution in [0.3, 0.4) is 0 Å². The highest BCUT2D eigenvalue weighted by atomic mass is 16.6. The van der Waals surface area contributed by atoms with E-state index in [1.54, 1.807) is 7.11 Å². The summed E-state index contributed by atoms with van der Waals surface area (Å²) in [6.07, 6.45) is 0. The molecule has 2 rings (SSSR count). The molecule has 1 atom stereocenters. The third-order valence-corrected chi connectivity index (χ3v) is 4.07. The predicted octanol–water partition coefficient (Wildman–Crippen LogP) is 2.22. The summed E-state index contributed by atoms with van der Waals surface area (Å²) < 4.78 is 5.39. The van der Waals surface area contributed by atoms with Gasteiger partial charge in [-0.05, 0) is 32.3 Å². The first-order chi connectivity index (χ1) is 12.3. The number of benzene rings is 2. The number of nitro benzene ring substituents is 1. The van der Waals surface area contributed by atoms with Crippen LogP contribution in [0, 0.1) is 10.1 Å². The molecule has 0 saturated carbocycles. The zero-order valence-electron chi connectivity index (χ0n) is 14.9. The molecule has 0 fully saturated rings. The van der Waals surface area contributed by atoms with Gasteiger partial charge in [-0.1, -0.05) is 18.2 Å². The van der Waals surface area contributed by atoms with Crippen LogP contribution in [0.5, 0.6) is 5.75 Å². The Labute approximate surface area is 151 Å². The molecule has 8 heteroatoms. The van der Waals surface area contributed by atoms with Gasteiger partial charge in [0.15, 0.2) is 0 Å². The van der Waals surface area contributed by atoms with E-state index in [0.717, 1.165) is 11.3 Å². The van der Waals surface area contributed by atoms with Gasteiger partial charge in [-0.2, -0.15) is 0 Å². The Morgan fingerprint density at radius 1 is 1.31 bits per heavy atom. The van der Waals surface area contributed by atoms with Crippen LogP contribution in [0.2, 0.25) is 0 Å². The van der Waals surface area contributed by atoms with Gasteiger partial charge in [0.1, 0.15) is 11.4 Å². The highest BCUT2D eigenvalue weighted by Crippen LogP contribution is 2.27. The summed E-state index contributed by atoms with van der Waals surface area (Å²) in [5, 5.41) is 13.8. The molecule has 0 aromatic heterocycles. The average molecular weight is 358 g/mol. The molecule has 2 aromatic carbocycles. The summed E-state index contributed by atoms with van der Waals surface area (Å²) in [6.45, 7) is 0.310. The van der Waals surface area contributed by atoms with Gasteiger partial charge in [0, 0.05) is 23.7 Å². The number of hydrogen-bond donors (Lipinski definition) is 2. The minimum absolute atomic E-state index is 0.0201. The van der Waals surface area contributed by atoms with Gasteiger partial charge in [-0.15, -0.1) is 0 Å². The number of methoxy groups -OCH3 is 1. The Kier molecular flexibility index (Phi) is 6.13. The Balaban J connectivity index is 2.18. The second-order valence-electron chi connectivity index (χ2n) is 5.96. The summed E-state index contributed by atoms with van der Waals surface area (Å²) in [5.41, 5.74) is 6.42. The number of carbonyl (C=O) groups excluding carboxylic acids is 1. The fourth-order valence-corrected chi connectivity index (χ4v) is 2.65. The molecule has 0 aliphatic rings. The molecule has 0 saturated heterocycles. The van der Waals surface area contributed by atoms with E-state index in [9.17, 15) is 14.9 Å². The second-order valence-corrected chi connectivity index (χ2v) is 5.96. The van der Waals surface area contributed by atoms with E-state index < -0.39 is 10.8 Å². The van der Waals surface area contributed by atoms with Gasteiger partial charge in [-0.25, -0.2) is 0 Å². The largest absolute Gasteiger partial charge is 0.496 e. The molecule has 3 N–H and O–H groups in total. The van der Waals surface area contributed by atoms with E-state index in [1.165, 1.54) is 18.2 Å². The van der Waals surface area contributed by atoms with E-state index >= 15 is 0 Å². The highest BCUT2D eigenvalue weighted by Gasteiger charge is 2.20. The summed E-state index contributed by atoms with van der Waals surface area (Å²) >= 11 is 0. The molecule has 0 spiro atoms. The number of ether oxygens (including phenoxy) is 1. The van der Waals surface area contributed by atoms with Gasteiger partial charge in [0.25, 0.3) is 11.6 Å². The first-order valence-corrected chi connectivity index (χ1v) is 7.96. The van der Waals surface area contributed by atoms with Gasteiger partial charge in [0.2, 0.25) is 0 Å². The van der Waals surface area contributed by atoms with E-state index in [0.29, 0.717) is 6.54 Å². The first-order valence-electron chi connectivity index (χ1n) is 7.96. The van der Waals surface area contributed by atoms with Gasteiger partial charge in [-0.3, -0.25) is 14.9 Å². The minimum Gasteiger partial charge on any atom is -0.496 e. The number of amides is 1. The van der Waals surface area contributed by atoms with Crippen molar-refractivity contribution in [3.05, 3.63) is 63.7 Å². The fourth-order valence-electron chi connectivity index (χ4n) is 2.65. The second kappa shape index (κ2) is 8.30. The average Bonchev–Trinajstić information content (AvgIpc) is 2.61. The number of anilines is 1. The lowest BCUT2D eigenvalue weighted by molar-refractivity contribution is -0.383. The van der Waals surface area contributed by atoms with Gasteiger partial charge < -0.3 is 20.7 Å². The molecule has 0 heterocycles. The molecule has 0 aliphatic heterocycles. The maximum absolute atomic E-state index is 12.4. The Hall–Kier alpha value is -3.13. The van der Waals surface area contributed by atoms with Crippen LogP contribution in [0.25, 0.3) is 0 Å². The maximum Gasteiger partial charge on any atom is 0.292 e. The van der Waals surface area contributed by atoms with Crippen molar-refractivity contribution in [1.29, 1.82) is 0 Å². The summed E-state index contributed by atoms with van der Waals surface area (Å²) in [7, 11) is 5.40. The standard InChI is InChI=1S/C18H22N4O4/c1-21(2)16(13-6-4-5-7-17(13)26-3)11-20-18(23)12-8-9-14(19)15(10-12)22(24)25/h4-10,16H,11,19H2,1-3H3,(H,20,23). The Morgan fingerprint density at radius 2 is 2.00 bits per heavy atom. The summed E-state index contributed by atoms with van der Waals surface area (Å²) in [5.74, 6) is 0.318. The number of nitro groups is 1. The number of nitrogens with two attached hydrogens (primary N) is 1. The number of nitrogens with one attached hydrogen (secondary N) is 1. The highest BCUT2D eigenvalue weighted by molar-refractivity contribution is 5.95. The van der Waals surface area contributed by atoms with Crippen molar-refractivity contribution in [2.45, 2.75) is 6.04 Å². The van der Waals surface area contributed by atoms with Crippen LogP contribution in [0.4, 0.5) is 11.4 Å². The molecule has 0 radical (unpaired) electrons. The Bertz CT molecular complexity index is 808. The molecule has 1 unspecified atom stereocenters. The molecule has 1 amide bonds. The number of hydrogen-bond acceptors (Lipinski definition) is 6. The molecular weight excluding hydrogens is 336 g/mol. The lowest BCUT2D eigenvalue weighted by atomic mass is 10.0. The minimum atomic E-state index is -0.608. The zero-order valence-corrected chi connectivity index (χ0v) is 14.9. The SMILES string of the molecule is COc1ccccc1C(CNC(=O)c1ccc(N)c([N+](=O)[O-])c1)N(C)C. The number of likely N-dealkylation sites (N-methyl/N-ethyl adjacent to an activating group) is 1. The van der Waals surface area contributed by atoms with E-state index in [2.05, 4.69) is 5.32 Å². The smallest absolute Gasteiger partial charge is 0.292 e. The van der Waals surface area contributed by atoms with E-state index in [4.69, 9.17) is 10.5 Å². The van der Waals surface area contributed by atoms with Gasteiger partial charge >= 0.3 is 0 Å². The molecule has 2 aromatic rings. The van der Waals surface area contributed by atoms with Crippen LogP contribution >= 0.6 is 0 Å². The van der Waals surface area contributed by atoms with Gasteiger partial charge in [0.05, 0.1) is 18.1 Å². The van der Waals surface area contributed by atoms with Crippen LogP contribution in [-0.4, -0.2) is 43.5 Å². The maximum atomic E-state index is 12.4. The van der Waals surface area contributed by atoms with E-state index in [1.807, 2.05) is 43.3 Å². The van der Waals surface area contributed by atoms with Crippen molar-refractivity contribution in [3.8, 4) is 5.75 Å². The van der Waals surface area contributed by atoms with Crippen molar-refractivity contribution in [3.63, 3.8) is 0 Å². The van der Waals surface area contributed by atoms with Crippen LogP contribution in [0.15, 0.2) is 42.5 Å². The number of nitrogen functional groups attached to an aromatic ring is 1. The fraction of sp³-hybridized carbons (Fsp3) is 0.278.